The molecule has 1 atom stereocenters. The van der Waals surface area contributed by atoms with Gasteiger partial charge in [0.05, 0.1) is 23.6 Å². The first kappa shape index (κ1) is 14.0. The van der Waals surface area contributed by atoms with Gasteiger partial charge < -0.3 is 11.1 Å². The first-order valence-electron chi connectivity index (χ1n) is 6.87. The fourth-order valence-corrected chi connectivity index (χ4v) is 2.63. The Morgan fingerprint density at radius 1 is 1.53 bits per heavy atom. The Balaban J connectivity index is 1.93. The number of carbonyl (C=O) groups excluding carboxylic acids is 1. The topological polar surface area (TPSA) is 87.0 Å². The molecule has 6 nitrogen and oxygen atoms in total. The van der Waals surface area contributed by atoms with E-state index in [-0.39, 0.29) is 5.91 Å². The van der Waals surface area contributed by atoms with E-state index in [1.54, 1.807) is 0 Å². The zero-order valence-corrected chi connectivity index (χ0v) is 11.7. The highest BCUT2D eigenvalue weighted by Crippen LogP contribution is 2.18. The zero-order chi connectivity index (χ0) is 13.8. The standard InChI is InChI=1S/C13H23N5O/c1-9-13(10(2)17-16-9)15-12(19)8-18-6-4-3-5-11(18)7-14/h11H,3-8,14H2,1-2H3,(H,15,19)(H,16,17). The molecule has 0 aliphatic carbocycles. The molecule has 0 aromatic carbocycles. The molecule has 4 N–H and O–H groups in total. The average molecular weight is 265 g/mol. The molecule has 106 valence electrons. The molecule has 0 spiro atoms. The number of hydrogen-bond donors (Lipinski definition) is 3. The van der Waals surface area contributed by atoms with Gasteiger partial charge in [-0.3, -0.25) is 14.8 Å². The molecule has 2 heterocycles. The van der Waals surface area contributed by atoms with Crippen molar-refractivity contribution in [2.24, 2.45) is 5.73 Å². The third-order valence-electron chi connectivity index (χ3n) is 3.76. The number of rotatable bonds is 4. The van der Waals surface area contributed by atoms with Crippen LogP contribution in [0.1, 0.15) is 30.7 Å². The lowest BCUT2D eigenvalue weighted by molar-refractivity contribution is -0.118. The molecule has 1 aromatic heterocycles. The van der Waals surface area contributed by atoms with E-state index in [9.17, 15) is 4.79 Å². The van der Waals surface area contributed by atoms with Crippen molar-refractivity contribution >= 4 is 11.6 Å². The highest BCUT2D eigenvalue weighted by atomic mass is 16.2. The molecule has 1 unspecified atom stereocenters. The maximum absolute atomic E-state index is 12.1. The van der Waals surface area contributed by atoms with Gasteiger partial charge in [-0.05, 0) is 33.2 Å². The monoisotopic (exact) mass is 265 g/mol. The van der Waals surface area contributed by atoms with Crippen molar-refractivity contribution in [1.82, 2.24) is 15.1 Å². The number of hydrogen-bond acceptors (Lipinski definition) is 4. The number of nitrogens with one attached hydrogen (secondary N) is 2. The number of aryl methyl sites for hydroxylation is 2. The second kappa shape index (κ2) is 6.16. The molecule has 1 amide bonds. The summed E-state index contributed by atoms with van der Waals surface area (Å²) in [4.78, 5) is 14.3. The molecule has 19 heavy (non-hydrogen) atoms. The van der Waals surface area contributed by atoms with E-state index in [0.717, 1.165) is 36.5 Å². The van der Waals surface area contributed by atoms with E-state index >= 15 is 0 Å². The van der Waals surface area contributed by atoms with Crippen LogP contribution in [0.25, 0.3) is 0 Å². The van der Waals surface area contributed by atoms with Crippen molar-refractivity contribution in [2.75, 3.05) is 25.0 Å². The summed E-state index contributed by atoms with van der Waals surface area (Å²) in [5, 5.41) is 9.88. The van der Waals surface area contributed by atoms with Gasteiger partial charge in [0, 0.05) is 12.6 Å². The van der Waals surface area contributed by atoms with Crippen LogP contribution in [0.2, 0.25) is 0 Å². The minimum absolute atomic E-state index is 0.00736. The van der Waals surface area contributed by atoms with Crippen LogP contribution < -0.4 is 11.1 Å². The summed E-state index contributed by atoms with van der Waals surface area (Å²) in [7, 11) is 0. The molecule has 0 radical (unpaired) electrons. The van der Waals surface area contributed by atoms with Crippen LogP contribution >= 0.6 is 0 Å². The van der Waals surface area contributed by atoms with Crippen LogP contribution in [0.4, 0.5) is 5.69 Å². The minimum Gasteiger partial charge on any atom is -0.329 e. The Morgan fingerprint density at radius 3 is 2.95 bits per heavy atom. The summed E-state index contributed by atoms with van der Waals surface area (Å²) in [6.07, 6.45) is 3.45. The molecular formula is C13H23N5O. The number of aromatic amines is 1. The summed E-state index contributed by atoms with van der Waals surface area (Å²) >= 11 is 0. The maximum Gasteiger partial charge on any atom is 0.238 e. The number of piperidine rings is 1. The van der Waals surface area contributed by atoms with E-state index in [2.05, 4.69) is 20.4 Å². The number of carbonyl (C=O) groups is 1. The smallest absolute Gasteiger partial charge is 0.238 e. The fraction of sp³-hybridized carbons (Fsp3) is 0.692. The van der Waals surface area contributed by atoms with Gasteiger partial charge in [-0.2, -0.15) is 5.10 Å². The highest BCUT2D eigenvalue weighted by Gasteiger charge is 2.23. The number of H-pyrrole nitrogens is 1. The summed E-state index contributed by atoms with van der Waals surface area (Å²) in [5.41, 5.74) is 8.27. The fourth-order valence-electron chi connectivity index (χ4n) is 2.63. The van der Waals surface area contributed by atoms with Gasteiger partial charge in [0.25, 0.3) is 0 Å². The van der Waals surface area contributed by atoms with Crippen LogP contribution in [0.5, 0.6) is 0 Å². The van der Waals surface area contributed by atoms with Crippen molar-refractivity contribution < 1.29 is 4.79 Å². The zero-order valence-electron chi connectivity index (χ0n) is 11.7. The quantitative estimate of drug-likeness (QED) is 0.750. The third-order valence-corrected chi connectivity index (χ3v) is 3.76. The normalized spacial score (nSPS) is 20.5. The molecule has 1 aromatic rings. The molecule has 2 rings (SSSR count). The van der Waals surface area contributed by atoms with Gasteiger partial charge in [0.1, 0.15) is 0 Å². The van der Waals surface area contributed by atoms with Gasteiger partial charge >= 0.3 is 0 Å². The van der Waals surface area contributed by atoms with Gasteiger partial charge in [-0.25, -0.2) is 0 Å². The van der Waals surface area contributed by atoms with Crippen LogP contribution in [-0.2, 0) is 4.79 Å². The summed E-state index contributed by atoms with van der Waals surface area (Å²) in [6.45, 7) is 5.77. The lowest BCUT2D eigenvalue weighted by Crippen LogP contribution is -2.47. The van der Waals surface area contributed by atoms with Crippen LogP contribution in [0, 0.1) is 13.8 Å². The first-order valence-corrected chi connectivity index (χ1v) is 6.87. The van der Waals surface area contributed by atoms with Gasteiger partial charge in [-0.1, -0.05) is 6.42 Å². The number of likely N-dealkylation sites (tertiary alicyclic amines) is 1. The van der Waals surface area contributed by atoms with E-state index < -0.39 is 0 Å². The second-order valence-electron chi connectivity index (χ2n) is 5.21. The second-order valence-corrected chi connectivity index (χ2v) is 5.21. The Labute approximate surface area is 113 Å². The van der Waals surface area contributed by atoms with Crippen molar-refractivity contribution in [1.29, 1.82) is 0 Å². The molecule has 6 heteroatoms. The average Bonchev–Trinajstić information content (AvgIpc) is 2.71. The minimum atomic E-state index is 0.00736. The summed E-state index contributed by atoms with van der Waals surface area (Å²) < 4.78 is 0. The van der Waals surface area contributed by atoms with Crippen molar-refractivity contribution in [3.05, 3.63) is 11.4 Å². The van der Waals surface area contributed by atoms with Crippen molar-refractivity contribution in [3.63, 3.8) is 0 Å². The molecule has 0 bridgehead atoms. The number of anilines is 1. The Morgan fingerprint density at radius 2 is 2.32 bits per heavy atom. The van der Waals surface area contributed by atoms with Crippen molar-refractivity contribution in [3.8, 4) is 0 Å². The predicted octanol–water partition coefficient (Wildman–Crippen LogP) is 0.778. The Bertz CT molecular complexity index is 423. The number of nitrogens with two attached hydrogens (primary N) is 1. The van der Waals surface area contributed by atoms with Crippen LogP contribution in [0.3, 0.4) is 0 Å². The molecular weight excluding hydrogens is 242 g/mol. The molecule has 1 aliphatic heterocycles. The summed E-state index contributed by atoms with van der Waals surface area (Å²) in [6, 6.07) is 0.339. The van der Waals surface area contributed by atoms with Gasteiger partial charge in [0.2, 0.25) is 5.91 Å². The number of aromatic nitrogens is 2. The van der Waals surface area contributed by atoms with Gasteiger partial charge in [-0.15, -0.1) is 0 Å². The largest absolute Gasteiger partial charge is 0.329 e. The highest BCUT2D eigenvalue weighted by molar-refractivity contribution is 5.93. The molecule has 1 aliphatic rings. The predicted molar refractivity (Wildman–Crippen MR) is 75.0 cm³/mol. The van der Waals surface area contributed by atoms with Gasteiger partial charge in [0.15, 0.2) is 0 Å². The lowest BCUT2D eigenvalue weighted by atomic mass is 10.0. The summed E-state index contributed by atoms with van der Waals surface area (Å²) in [5.74, 6) is 0.00736. The van der Waals surface area contributed by atoms with E-state index in [4.69, 9.17) is 5.73 Å². The van der Waals surface area contributed by atoms with Crippen molar-refractivity contribution in [2.45, 2.75) is 39.2 Å². The Kier molecular flexibility index (Phi) is 4.55. The SMILES string of the molecule is Cc1n[nH]c(C)c1NC(=O)CN1CCCCC1CN. The maximum atomic E-state index is 12.1. The van der Waals surface area contributed by atoms with Crippen LogP contribution in [-0.4, -0.2) is 46.7 Å². The van der Waals surface area contributed by atoms with Crippen LogP contribution in [0.15, 0.2) is 0 Å². The number of amides is 1. The third kappa shape index (κ3) is 3.33. The Hall–Kier alpha value is -1.40. The molecule has 0 saturated carbocycles. The van der Waals surface area contributed by atoms with E-state index in [1.165, 1.54) is 6.42 Å². The molecule has 1 saturated heterocycles. The first-order chi connectivity index (χ1) is 9.11. The lowest BCUT2D eigenvalue weighted by Gasteiger charge is -2.34. The molecule has 1 fully saturated rings. The number of nitrogens with zero attached hydrogens (tertiary/aromatic N) is 2. The van der Waals surface area contributed by atoms with E-state index in [0.29, 0.717) is 19.1 Å². The van der Waals surface area contributed by atoms with E-state index in [1.807, 2.05) is 13.8 Å².